The summed E-state index contributed by atoms with van der Waals surface area (Å²) in [6.07, 6.45) is 0.226. The highest BCUT2D eigenvalue weighted by Gasteiger charge is 2.20. The van der Waals surface area contributed by atoms with Crippen LogP contribution in [0.4, 0.5) is 0 Å². The zero-order valence-corrected chi connectivity index (χ0v) is 10.5. The molecule has 0 atom stereocenters. The normalized spacial score (nSPS) is 11.7. The van der Waals surface area contributed by atoms with E-state index in [4.69, 9.17) is 5.11 Å². The predicted molar refractivity (Wildman–Crippen MR) is 69.1 cm³/mol. The molecule has 1 amide bonds. The summed E-state index contributed by atoms with van der Waals surface area (Å²) >= 11 is 0. The number of para-hydroxylation sites is 1. The van der Waals surface area contributed by atoms with E-state index in [1.165, 1.54) is 0 Å². The molecule has 1 aromatic carbocycles. The molecule has 18 heavy (non-hydrogen) atoms. The van der Waals surface area contributed by atoms with Crippen molar-refractivity contribution in [2.45, 2.75) is 25.8 Å². The second kappa shape index (κ2) is 4.78. The fraction of sp³-hybridized carbons (Fsp3) is 0.385. The summed E-state index contributed by atoms with van der Waals surface area (Å²) in [5, 5.41) is 19.8. The lowest BCUT2D eigenvalue weighted by atomic mass is 10.1. The van der Waals surface area contributed by atoms with Crippen LogP contribution in [0.1, 0.15) is 19.5 Å². The average Bonchev–Trinajstić information content (AvgIpc) is 2.72. The monoisotopic (exact) mass is 247 g/mol. The van der Waals surface area contributed by atoms with Gasteiger partial charge in [0.2, 0.25) is 5.91 Å². The number of aliphatic hydroxyl groups excluding tert-OH is 1. The summed E-state index contributed by atoms with van der Waals surface area (Å²) < 4.78 is 0. The summed E-state index contributed by atoms with van der Waals surface area (Å²) in [6.45, 7) is 3.45. The maximum atomic E-state index is 11.9. The Kier molecular flexibility index (Phi) is 3.34. The Morgan fingerprint density at radius 3 is 2.89 bits per heavy atom. The lowest BCUT2D eigenvalue weighted by Gasteiger charge is -2.23. The Labute approximate surface area is 105 Å². The number of nitrogens with zero attached hydrogens (tertiary/aromatic N) is 1. The van der Waals surface area contributed by atoms with Crippen molar-refractivity contribution in [3.8, 4) is 0 Å². The molecule has 0 unspecified atom stereocenters. The van der Waals surface area contributed by atoms with Crippen LogP contribution in [0.25, 0.3) is 10.9 Å². The van der Waals surface area contributed by atoms with E-state index in [-0.39, 0.29) is 18.9 Å². The van der Waals surface area contributed by atoms with Crippen LogP contribution in [0.2, 0.25) is 0 Å². The van der Waals surface area contributed by atoms with Gasteiger partial charge in [-0.25, -0.2) is 0 Å². The van der Waals surface area contributed by atoms with Gasteiger partial charge in [-0.3, -0.25) is 9.89 Å². The summed E-state index contributed by atoms with van der Waals surface area (Å²) in [5.41, 5.74) is 1.03. The van der Waals surface area contributed by atoms with Gasteiger partial charge in [0, 0.05) is 5.39 Å². The highest BCUT2D eigenvalue weighted by molar-refractivity contribution is 5.87. The van der Waals surface area contributed by atoms with Crippen molar-refractivity contribution >= 4 is 16.8 Å². The third kappa shape index (κ3) is 2.68. The molecule has 0 saturated carbocycles. The molecular formula is C13H17N3O2. The Morgan fingerprint density at radius 2 is 2.17 bits per heavy atom. The molecule has 3 N–H and O–H groups in total. The molecule has 0 saturated heterocycles. The van der Waals surface area contributed by atoms with Crippen molar-refractivity contribution in [2.24, 2.45) is 0 Å². The van der Waals surface area contributed by atoms with Gasteiger partial charge < -0.3 is 10.4 Å². The SMILES string of the molecule is CC(C)(CO)NC(=O)Cc1[nH]nc2ccccc12. The van der Waals surface area contributed by atoms with Gasteiger partial charge in [0.1, 0.15) is 0 Å². The molecule has 0 fully saturated rings. The van der Waals surface area contributed by atoms with E-state index in [2.05, 4.69) is 15.5 Å². The van der Waals surface area contributed by atoms with Crippen LogP contribution in [-0.2, 0) is 11.2 Å². The number of carbonyl (C=O) groups is 1. The smallest absolute Gasteiger partial charge is 0.226 e. The van der Waals surface area contributed by atoms with Gasteiger partial charge in [-0.1, -0.05) is 18.2 Å². The molecule has 0 radical (unpaired) electrons. The zero-order chi connectivity index (χ0) is 13.2. The van der Waals surface area contributed by atoms with Gasteiger partial charge in [0.05, 0.1) is 29.8 Å². The minimum atomic E-state index is -0.604. The van der Waals surface area contributed by atoms with Gasteiger partial charge >= 0.3 is 0 Å². The predicted octanol–water partition coefficient (Wildman–Crippen LogP) is 0.992. The standard InChI is InChI=1S/C13H17N3O2/c1-13(2,8-17)14-12(18)7-11-9-5-3-4-6-10(9)15-16-11/h3-6,17H,7-8H2,1-2H3,(H,14,18)(H,15,16). The van der Waals surface area contributed by atoms with Crippen LogP contribution in [0.3, 0.4) is 0 Å². The van der Waals surface area contributed by atoms with E-state index in [9.17, 15) is 4.79 Å². The molecule has 0 aliphatic rings. The fourth-order valence-electron chi connectivity index (χ4n) is 1.77. The van der Waals surface area contributed by atoms with Crippen molar-refractivity contribution in [2.75, 3.05) is 6.61 Å². The first-order valence-corrected chi connectivity index (χ1v) is 5.86. The number of amides is 1. The number of aliphatic hydroxyl groups is 1. The third-order valence-electron chi connectivity index (χ3n) is 2.75. The molecule has 0 bridgehead atoms. The largest absolute Gasteiger partial charge is 0.394 e. The van der Waals surface area contributed by atoms with Crippen molar-refractivity contribution in [3.05, 3.63) is 30.0 Å². The van der Waals surface area contributed by atoms with Crippen molar-refractivity contribution < 1.29 is 9.90 Å². The number of rotatable bonds is 4. The second-order valence-corrected chi connectivity index (χ2v) is 4.99. The Hall–Kier alpha value is -1.88. The summed E-state index contributed by atoms with van der Waals surface area (Å²) in [5.74, 6) is -0.136. The maximum Gasteiger partial charge on any atom is 0.226 e. The molecule has 0 aliphatic heterocycles. The highest BCUT2D eigenvalue weighted by Crippen LogP contribution is 2.15. The third-order valence-corrected chi connectivity index (χ3v) is 2.75. The van der Waals surface area contributed by atoms with Gasteiger partial charge in [-0.2, -0.15) is 5.10 Å². The van der Waals surface area contributed by atoms with Gasteiger partial charge in [0.15, 0.2) is 0 Å². The van der Waals surface area contributed by atoms with E-state index < -0.39 is 5.54 Å². The minimum absolute atomic E-state index is 0.0948. The highest BCUT2D eigenvalue weighted by atomic mass is 16.3. The van der Waals surface area contributed by atoms with Crippen molar-refractivity contribution in [1.29, 1.82) is 0 Å². The first kappa shape index (κ1) is 12.6. The van der Waals surface area contributed by atoms with Crippen LogP contribution in [0.15, 0.2) is 24.3 Å². The average molecular weight is 247 g/mol. The quantitative estimate of drug-likeness (QED) is 0.754. The van der Waals surface area contributed by atoms with Crippen LogP contribution in [-0.4, -0.2) is 33.4 Å². The first-order chi connectivity index (χ1) is 8.52. The van der Waals surface area contributed by atoms with Crippen molar-refractivity contribution in [3.63, 3.8) is 0 Å². The number of aromatic nitrogens is 2. The molecule has 2 rings (SSSR count). The van der Waals surface area contributed by atoms with Crippen LogP contribution in [0.5, 0.6) is 0 Å². The van der Waals surface area contributed by atoms with Gasteiger partial charge in [-0.15, -0.1) is 0 Å². The topological polar surface area (TPSA) is 78.0 Å². The first-order valence-electron chi connectivity index (χ1n) is 5.86. The molecule has 0 spiro atoms. The number of fused-ring (bicyclic) bond motifs is 1. The number of aromatic amines is 1. The number of benzene rings is 1. The summed E-state index contributed by atoms with van der Waals surface area (Å²) in [6, 6.07) is 7.64. The van der Waals surface area contributed by atoms with Gasteiger partial charge in [0.25, 0.3) is 0 Å². The molecule has 2 aromatic rings. The van der Waals surface area contributed by atoms with Crippen LogP contribution < -0.4 is 5.32 Å². The van der Waals surface area contributed by atoms with E-state index in [1.807, 2.05) is 24.3 Å². The number of hydrogen-bond donors (Lipinski definition) is 3. The maximum absolute atomic E-state index is 11.9. The molecule has 1 aromatic heterocycles. The molecule has 5 nitrogen and oxygen atoms in total. The number of carbonyl (C=O) groups excluding carboxylic acids is 1. The fourth-order valence-corrected chi connectivity index (χ4v) is 1.77. The van der Waals surface area contributed by atoms with E-state index >= 15 is 0 Å². The summed E-state index contributed by atoms with van der Waals surface area (Å²) in [7, 11) is 0. The number of hydrogen-bond acceptors (Lipinski definition) is 3. The number of nitrogens with one attached hydrogen (secondary N) is 2. The molecule has 0 aliphatic carbocycles. The Morgan fingerprint density at radius 1 is 1.44 bits per heavy atom. The Bertz CT molecular complexity index is 560. The minimum Gasteiger partial charge on any atom is -0.394 e. The molecular weight excluding hydrogens is 230 g/mol. The lowest BCUT2D eigenvalue weighted by molar-refractivity contribution is -0.122. The molecule has 5 heteroatoms. The Balaban J connectivity index is 2.12. The second-order valence-electron chi connectivity index (χ2n) is 4.99. The van der Waals surface area contributed by atoms with Crippen LogP contribution in [0, 0.1) is 0 Å². The molecule has 96 valence electrons. The van der Waals surface area contributed by atoms with Gasteiger partial charge in [-0.05, 0) is 19.9 Å². The van der Waals surface area contributed by atoms with Crippen molar-refractivity contribution in [1.82, 2.24) is 15.5 Å². The molecule has 1 heterocycles. The van der Waals surface area contributed by atoms with E-state index in [0.717, 1.165) is 16.6 Å². The van der Waals surface area contributed by atoms with E-state index in [1.54, 1.807) is 13.8 Å². The number of H-pyrrole nitrogens is 1. The van der Waals surface area contributed by atoms with E-state index in [0.29, 0.717) is 0 Å². The zero-order valence-electron chi connectivity index (χ0n) is 10.5. The lowest BCUT2D eigenvalue weighted by Crippen LogP contribution is -2.46. The summed E-state index contributed by atoms with van der Waals surface area (Å²) in [4.78, 5) is 11.9. The van der Waals surface area contributed by atoms with Crippen LogP contribution >= 0.6 is 0 Å².